The van der Waals surface area contributed by atoms with Crippen LogP contribution in [-0.4, -0.2) is 42.5 Å². The summed E-state index contributed by atoms with van der Waals surface area (Å²) in [5.41, 5.74) is 0. The molecule has 7 heteroatoms. The van der Waals surface area contributed by atoms with Crippen molar-refractivity contribution in [2.24, 2.45) is 0 Å². The number of carbonyl (C=O) groups excluding carboxylic acids is 3. The van der Waals surface area contributed by atoms with Gasteiger partial charge in [-0.3, -0.25) is 0 Å². The summed E-state index contributed by atoms with van der Waals surface area (Å²) in [5.74, 6) is -4.08. The van der Waals surface area contributed by atoms with E-state index in [0.717, 1.165) is 0 Å². The van der Waals surface area contributed by atoms with Crippen LogP contribution in [0.15, 0.2) is 0 Å². The highest BCUT2D eigenvalue weighted by Gasteiger charge is 2.50. The molecule has 1 fully saturated rings. The zero-order chi connectivity index (χ0) is 13.9. The van der Waals surface area contributed by atoms with Crippen LogP contribution in [0.25, 0.3) is 0 Å². The van der Waals surface area contributed by atoms with Gasteiger partial charge in [-0.05, 0) is 20.8 Å². The van der Waals surface area contributed by atoms with Crippen molar-refractivity contribution in [1.29, 1.82) is 0 Å². The van der Waals surface area contributed by atoms with E-state index in [4.69, 9.17) is 14.2 Å². The molecule has 1 aliphatic heterocycles. The topological polar surface area (TPSA) is 88.1 Å². The molecule has 7 nitrogen and oxygen atoms in total. The summed E-state index contributed by atoms with van der Waals surface area (Å²) < 4.78 is 19.4. The van der Waals surface area contributed by atoms with Gasteiger partial charge >= 0.3 is 23.7 Å². The van der Waals surface area contributed by atoms with Crippen molar-refractivity contribution < 1.29 is 33.3 Å². The van der Waals surface area contributed by atoms with E-state index in [2.05, 4.69) is 4.74 Å². The summed E-state index contributed by atoms with van der Waals surface area (Å²) in [6, 6.07) is 0. The average Bonchev–Trinajstić information content (AvgIpc) is 2.54. The fraction of sp³-hybridized carbons (Fsp3) is 0.727. The Kier molecular flexibility index (Phi) is 4.28. The zero-order valence-corrected chi connectivity index (χ0v) is 10.7. The predicted octanol–water partition coefficient (Wildman–Crippen LogP) is 0.159. The molecule has 0 aromatic rings. The SMILES string of the molecule is CCOC(=O)[C@H](C)OC(=O)[C@@]1(C)OC(=O)[C@H](C)O1. The van der Waals surface area contributed by atoms with E-state index in [9.17, 15) is 14.4 Å². The first kappa shape index (κ1) is 14.4. The van der Waals surface area contributed by atoms with E-state index in [1.807, 2.05) is 0 Å². The van der Waals surface area contributed by atoms with E-state index in [1.165, 1.54) is 20.8 Å². The number of esters is 3. The van der Waals surface area contributed by atoms with Gasteiger partial charge in [-0.1, -0.05) is 0 Å². The first-order valence-electron chi connectivity index (χ1n) is 5.58. The molecule has 0 aromatic heterocycles. The number of ether oxygens (including phenoxy) is 4. The van der Waals surface area contributed by atoms with E-state index in [1.54, 1.807) is 6.92 Å². The molecule has 18 heavy (non-hydrogen) atoms. The van der Waals surface area contributed by atoms with Crippen molar-refractivity contribution in [2.45, 2.75) is 45.7 Å². The molecule has 0 N–H and O–H groups in total. The summed E-state index contributed by atoms with van der Waals surface area (Å²) in [7, 11) is 0. The molecule has 1 rings (SSSR count). The minimum atomic E-state index is -1.81. The summed E-state index contributed by atoms with van der Waals surface area (Å²) >= 11 is 0. The Hall–Kier alpha value is -1.63. The Labute approximate surface area is 104 Å². The van der Waals surface area contributed by atoms with Crippen molar-refractivity contribution in [1.82, 2.24) is 0 Å². The van der Waals surface area contributed by atoms with Crippen LogP contribution in [-0.2, 0) is 33.3 Å². The standard InChI is InChI=1S/C11H16O7/c1-5-15-8(12)6(2)16-10(14)11(4)17-7(3)9(13)18-11/h6-7H,5H2,1-4H3/t6-,7-,11+/m0/s1. The molecule has 0 unspecified atom stereocenters. The molecule has 0 radical (unpaired) electrons. The largest absolute Gasteiger partial charge is 0.463 e. The van der Waals surface area contributed by atoms with Gasteiger partial charge < -0.3 is 18.9 Å². The minimum Gasteiger partial charge on any atom is -0.463 e. The zero-order valence-electron chi connectivity index (χ0n) is 10.7. The molecule has 0 aliphatic carbocycles. The van der Waals surface area contributed by atoms with Crippen molar-refractivity contribution >= 4 is 17.9 Å². The van der Waals surface area contributed by atoms with Gasteiger partial charge in [-0.15, -0.1) is 0 Å². The maximum Gasteiger partial charge on any atom is 0.380 e. The van der Waals surface area contributed by atoms with Crippen LogP contribution in [0.1, 0.15) is 27.7 Å². The van der Waals surface area contributed by atoms with Crippen LogP contribution in [0, 0.1) is 0 Å². The number of hydrogen-bond donors (Lipinski definition) is 0. The highest BCUT2D eigenvalue weighted by Crippen LogP contribution is 2.26. The third kappa shape index (κ3) is 2.98. The van der Waals surface area contributed by atoms with Crippen molar-refractivity contribution in [3.63, 3.8) is 0 Å². The fourth-order valence-electron chi connectivity index (χ4n) is 1.35. The van der Waals surface area contributed by atoms with Crippen LogP contribution >= 0.6 is 0 Å². The maximum atomic E-state index is 11.7. The van der Waals surface area contributed by atoms with Crippen LogP contribution in [0.4, 0.5) is 0 Å². The van der Waals surface area contributed by atoms with Gasteiger partial charge in [0.1, 0.15) is 0 Å². The van der Waals surface area contributed by atoms with Crippen molar-refractivity contribution in [3.8, 4) is 0 Å². The number of rotatable bonds is 4. The quantitative estimate of drug-likeness (QED) is 0.525. The fourth-order valence-corrected chi connectivity index (χ4v) is 1.35. The van der Waals surface area contributed by atoms with Gasteiger partial charge in [-0.25, -0.2) is 14.4 Å². The lowest BCUT2D eigenvalue weighted by Crippen LogP contribution is -2.42. The molecule has 1 aliphatic rings. The van der Waals surface area contributed by atoms with Crippen LogP contribution in [0.5, 0.6) is 0 Å². The summed E-state index contributed by atoms with van der Waals surface area (Å²) in [4.78, 5) is 34.2. The van der Waals surface area contributed by atoms with Gasteiger partial charge in [0.05, 0.1) is 6.61 Å². The highest BCUT2D eigenvalue weighted by atomic mass is 16.8. The van der Waals surface area contributed by atoms with Gasteiger partial charge in [0.15, 0.2) is 12.2 Å². The lowest BCUT2D eigenvalue weighted by molar-refractivity contribution is -0.211. The van der Waals surface area contributed by atoms with E-state index >= 15 is 0 Å². The smallest absolute Gasteiger partial charge is 0.380 e. The van der Waals surface area contributed by atoms with E-state index in [-0.39, 0.29) is 6.61 Å². The first-order valence-corrected chi connectivity index (χ1v) is 5.58. The molecule has 0 spiro atoms. The van der Waals surface area contributed by atoms with Crippen molar-refractivity contribution in [3.05, 3.63) is 0 Å². The van der Waals surface area contributed by atoms with Crippen molar-refractivity contribution in [2.75, 3.05) is 6.61 Å². The second kappa shape index (κ2) is 5.34. The third-order valence-electron chi connectivity index (χ3n) is 2.30. The molecular weight excluding hydrogens is 244 g/mol. The maximum absolute atomic E-state index is 11.7. The second-order valence-electron chi connectivity index (χ2n) is 3.93. The Morgan fingerprint density at radius 2 is 2.11 bits per heavy atom. The lowest BCUT2D eigenvalue weighted by atomic mass is 10.3. The summed E-state index contributed by atoms with van der Waals surface area (Å²) in [6.45, 7) is 5.89. The Bertz CT molecular complexity index is 364. The molecule has 1 heterocycles. The molecule has 0 aromatic carbocycles. The van der Waals surface area contributed by atoms with Crippen LogP contribution in [0.2, 0.25) is 0 Å². The molecule has 0 amide bonds. The lowest BCUT2D eigenvalue weighted by Gasteiger charge is -2.21. The molecular formula is C11H16O7. The van der Waals surface area contributed by atoms with Gasteiger partial charge in [0.25, 0.3) is 0 Å². The Balaban J connectivity index is 2.61. The molecule has 0 saturated carbocycles. The predicted molar refractivity (Wildman–Crippen MR) is 57.2 cm³/mol. The molecule has 1 saturated heterocycles. The Morgan fingerprint density at radius 1 is 1.50 bits per heavy atom. The highest BCUT2D eigenvalue weighted by molar-refractivity contribution is 5.87. The molecule has 102 valence electrons. The number of carbonyl (C=O) groups is 3. The number of cyclic esters (lactones) is 1. The first-order chi connectivity index (χ1) is 8.30. The van der Waals surface area contributed by atoms with Gasteiger partial charge in [0, 0.05) is 6.92 Å². The van der Waals surface area contributed by atoms with E-state index in [0.29, 0.717) is 0 Å². The van der Waals surface area contributed by atoms with Gasteiger partial charge in [0.2, 0.25) is 0 Å². The Morgan fingerprint density at radius 3 is 2.56 bits per heavy atom. The summed E-state index contributed by atoms with van der Waals surface area (Å²) in [6.07, 6.45) is -1.94. The average molecular weight is 260 g/mol. The third-order valence-corrected chi connectivity index (χ3v) is 2.30. The van der Waals surface area contributed by atoms with Crippen LogP contribution < -0.4 is 0 Å². The summed E-state index contributed by atoms with van der Waals surface area (Å²) in [5, 5.41) is 0. The van der Waals surface area contributed by atoms with Gasteiger partial charge in [-0.2, -0.15) is 0 Å². The number of hydrogen-bond acceptors (Lipinski definition) is 7. The molecule has 0 bridgehead atoms. The second-order valence-corrected chi connectivity index (χ2v) is 3.93. The molecule has 3 atom stereocenters. The monoisotopic (exact) mass is 260 g/mol. The van der Waals surface area contributed by atoms with E-state index < -0.39 is 35.9 Å². The normalized spacial score (nSPS) is 28.4. The van der Waals surface area contributed by atoms with Crippen LogP contribution in [0.3, 0.4) is 0 Å². The minimum absolute atomic E-state index is 0.181.